The van der Waals surface area contributed by atoms with Crippen molar-refractivity contribution in [2.75, 3.05) is 13.3 Å². The van der Waals surface area contributed by atoms with E-state index in [0.717, 1.165) is 41.4 Å². The summed E-state index contributed by atoms with van der Waals surface area (Å²) in [5.41, 5.74) is 1.05. The molecule has 5 heteroatoms. The summed E-state index contributed by atoms with van der Waals surface area (Å²) in [6.45, 7) is 1.77. The number of urea groups is 1. The zero-order chi connectivity index (χ0) is 16.1. The average Bonchev–Trinajstić information content (AvgIpc) is 2.95. The molecule has 4 bridgehead atoms. The zero-order valence-electron chi connectivity index (χ0n) is 13.9. The monoisotopic (exact) mass is 328 g/mol. The van der Waals surface area contributed by atoms with Gasteiger partial charge in [0.15, 0.2) is 11.5 Å². The number of hydrogen-bond donors (Lipinski definition) is 1. The van der Waals surface area contributed by atoms with Gasteiger partial charge in [0, 0.05) is 19.1 Å². The first-order chi connectivity index (χ1) is 11.7. The first-order valence-corrected chi connectivity index (χ1v) is 9.17. The summed E-state index contributed by atoms with van der Waals surface area (Å²) in [5, 5.41) is 3.12. The van der Waals surface area contributed by atoms with Crippen molar-refractivity contribution in [1.82, 2.24) is 10.2 Å². The second-order valence-electron chi connectivity index (χ2n) is 7.93. The highest BCUT2D eigenvalue weighted by Crippen LogP contribution is 2.47. The maximum absolute atomic E-state index is 12.8. The number of carbonyl (C=O) groups excluding carboxylic acids is 1. The molecule has 3 aliphatic heterocycles. The van der Waals surface area contributed by atoms with E-state index in [0.29, 0.717) is 12.6 Å². The molecule has 2 aliphatic carbocycles. The third kappa shape index (κ3) is 2.50. The first-order valence-electron chi connectivity index (χ1n) is 9.17. The number of nitrogens with one attached hydrogen (secondary N) is 1. The number of fused-ring (bicyclic) bond motifs is 2. The largest absolute Gasteiger partial charge is 0.454 e. The number of benzene rings is 1. The van der Waals surface area contributed by atoms with Gasteiger partial charge in [-0.3, -0.25) is 0 Å². The van der Waals surface area contributed by atoms with Gasteiger partial charge in [0.2, 0.25) is 6.79 Å². The SMILES string of the molecule is O=C(NCc1ccc2c(c1)OCO2)N1CC2CC3CC(C2)CC1C3. The molecule has 4 fully saturated rings. The number of ether oxygens (including phenoxy) is 2. The van der Waals surface area contributed by atoms with Crippen LogP contribution in [0.15, 0.2) is 18.2 Å². The Bertz CT molecular complexity index is 648. The summed E-state index contributed by atoms with van der Waals surface area (Å²) in [6, 6.07) is 6.42. The molecule has 24 heavy (non-hydrogen) atoms. The number of rotatable bonds is 2. The van der Waals surface area contributed by atoms with Crippen LogP contribution in [0.2, 0.25) is 0 Å². The van der Waals surface area contributed by atoms with Crippen LogP contribution in [0.4, 0.5) is 4.79 Å². The maximum atomic E-state index is 12.8. The number of carbonyl (C=O) groups is 1. The van der Waals surface area contributed by atoms with Gasteiger partial charge in [-0.1, -0.05) is 6.07 Å². The van der Waals surface area contributed by atoms with Crippen LogP contribution in [0.25, 0.3) is 0 Å². The third-order valence-corrected chi connectivity index (χ3v) is 6.25. The van der Waals surface area contributed by atoms with Gasteiger partial charge < -0.3 is 19.7 Å². The molecule has 128 valence electrons. The van der Waals surface area contributed by atoms with E-state index in [9.17, 15) is 4.79 Å². The quantitative estimate of drug-likeness (QED) is 0.907. The van der Waals surface area contributed by atoms with Crippen LogP contribution in [0.3, 0.4) is 0 Å². The fourth-order valence-corrected chi connectivity index (χ4v) is 5.36. The van der Waals surface area contributed by atoms with E-state index in [2.05, 4.69) is 10.2 Å². The molecule has 1 N–H and O–H groups in total. The molecule has 0 aromatic heterocycles. The molecule has 2 saturated heterocycles. The van der Waals surface area contributed by atoms with Crippen molar-refractivity contribution in [3.8, 4) is 11.5 Å². The zero-order valence-corrected chi connectivity index (χ0v) is 13.9. The van der Waals surface area contributed by atoms with Gasteiger partial charge in [0.05, 0.1) is 0 Å². The molecular weight excluding hydrogens is 304 g/mol. The minimum absolute atomic E-state index is 0.103. The van der Waals surface area contributed by atoms with E-state index in [1.165, 1.54) is 32.1 Å². The van der Waals surface area contributed by atoms with Crippen molar-refractivity contribution >= 4 is 6.03 Å². The second-order valence-corrected chi connectivity index (χ2v) is 7.93. The van der Waals surface area contributed by atoms with Crippen LogP contribution in [0, 0.1) is 17.8 Å². The van der Waals surface area contributed by atoms with Crippen LogP contribution >= 0.6 is 0 Å². The molecule has 3 heterocycles. The Kier molecular flexibility index (Phi) is 3.35. The Balaban J connectivity index is 1.25. The van der Waals surface area contributed by atoms with E-state index in [4.69, 9.17) is 9.47 Å². The average molecular weight is 328 g/mol. The van der Waals surface area contributed by atoms with Gasteiger partial charge >= 0.3 is 6.03 Å². The van der Waals surface area contributed by atoms with Gasteiger partial charge in [0.25, 0.3) is 0 Å². The van der Waals surface area contributed by atoms with Gasteiger partial charge in [-0.15, -0.1) is 0 Å². The Hall–Kier alpha value is -1.91. The molecule has 2 saturated carbocycles. The number of hydrogen-bond acceptors (Lipinski definition) is 3. The molecule has 6 rings (SSSR count). The van der Waals surface area contributed by atoms with E-state index in [-0.39, 0.29) is 12.8 Å². The van der Waals surface area contributed by atoms with Crippen molar-refractivity contribution in [1.29, 1.82) is 0 Å². The number of nitrogens with zero attached hydrogens (tertiary/aromatic N) is 1. The van der Waals surface area contributed by atoms with Crippen molar-refractivity contribution in [2.45, 2.75) is 44.7 Å². The van der Waals surface area contributed by atoms with Crippen LogP contribution in [0.5, 0.6) is 11.5 Å². The Labute approximate surface area is 142 Å². The fraction of sp³-hybridized carbons (Fsp3) is 0.632. The predicted octanol–water partition coefficient (Wildman–Crippen LogP) is 3.14. The van der Waals surface area contributed by atoms with E-state index in [1.807, 2.05) is 18.2 Å². The van der Waals surface area contributed by atoms with Crippen LogP contribution in [-0.4, -0.2) is 30.3 Å². The van der Waals surface area contributed by atoms with Crippen molar-refractivity contribution in [3.05, 3.63) is 23.8 Å². The molecule has 1 aromatic rings. The molecule has 5 aliphatic rings. The Morgan fingerprint density at radius 3 is 2.62 bits per heavy atom. The topological polar surface area (TPSA) is 50.8 Å². The molecule has 0 spiro atoms. The highest BCUT2D eigenvalue weighted by Gasteiger charge is 2.43. The smallest absolute Gasteiger partial charge is 0.317 e. The summed E-state index contributed by atoms with van der Waals surface area (Å²) in [4.78, 5) is 14.9. The highest BCUT2D eigenvalue weighted by atomic mass is 16.7. The minimum atomic E-state index is 0.103. The van der Waals surface area contributed by atoms with Gasteiger partial charge in [-0.2, -0.15) is 0 Å². The van der Waals surface area contributed by atoms with E-state index < -0.39 is 0 Å². The lowest BCUT2D eigenvalue weighted by atomic mass is 9.68. The molecular formula is C19H24N2O3. The van der Waals surface area contributed by atoms with Crippen LogP contribution in [-0.2, 0) is 6.54 Å². The maximum Gasteiger partial charge on any atom is 0.317 e. The van der Waals surface area contributed by atoms with Gasteiger partial charge in [-0.05, 0) is 67.6 Å². The van der Waals surface area contributed by atoms with E-state index >= 15 is 0 Å². The van der Waals surface area contributed by atoms with Crippen molar-refractivity contribution in [3.63, 3.8) is 0 Å². The van der Waals surface area contributed by atoms with Crippen molar-refractivity contribution < 1.29 is 14.3 Å². The van der Waals surface area contributed by atoms with Crippen LogP contribution < -0.4 is 14.8 Å². The molecule has 0 radical (unpaired) electrons. The second kappa shape index (κ2) is 5.57. The lowest BCUT2D eigenvalue weighted by Crippen LogP contribution is -2.47. The molecule has 2 unspecified atom stereocenters. The summed E-state index contributed by atoms with van der Waals surface area (Å²) in [6.07, 6.45) is 6.49. The molecule has 5 nitrogen and oxygen atoms in total. The number of amides is 2. The standard InChI is InChI=1S/C19H24N2O3/c22-19(20-9-12-1-2-17-18(8-12)24-11-23-17)21-10-15-4-13-3-14(5-15)7-16(21)6-13/h1-2,8,13-16H,3-7,9-11H2,(H,20,22). The molecule has 2 amide bonds. The van der Waals surface area contributed by atoms with Crippen LogP contribution in [0.1, 0.15) is 37.7 Å². The van der Waals surface area contributed by atoms with Gasteiger partial charge in [-0.25, -0.2) is 4.79 Å². The highest BCUT2D eigenvalue weighted by molar-refractivity contribution is 5.74. The molecule has 1 aromatic carbocycles. The first kappa shape index (κ1) is 14.4. The summed E-state index contributed by atoms with van der Waals surface area (Å²) < 4.78 is 10.7. The summed E-state index contributed by atoms with van der Waals surface area (Å²) in [5.74, 6) is 3.99. The predicted molar refractivity (Wildman–Crippen MR) is 88.8 cm³/mol. The van der Waals surface area contributed by atoms with Gasteiger partial charge in [0.1, 0.15) is 0 Å². The summed E-state index contributed by atoms with van der Waals surface area (Å²) >= 11 is 0. The van der Waals surface area contributed by atoms with Crippen molar-refractivity contribution in [2.24, 2.45) is 17.8 Å². The lowest BCUT2D eigenvalue weighted by molar-refractivity contribution is 0.131. The minimum Gasteiger partial charge on any atom is -0.454 e. The fourth-order valence-electron chi connectivity index (χ4n) is 5.36. The molecule has 2 atom stereocenters. The Morgan fingerprint density at radius 2 is 1.79 bits per heavy atom. The normalized spacial score (nSPS) is 32.8. The summed E-state index contributed by atoms with van der Waals surface area (Å²) in [7, 11) is 0. The Morgan fingerprint density at radius 1 is 1.04 bits per heavy atom. The van der Waals surface area contributed by atoms with E-state index in [1.54, 1.807) is 0 Å². The lowest BCUT2D eigenvalue weighted by Gasteiger charge is -2.38. The third-order valence-electron chi connectivity index (χ3n) is 6.25.